The van der Waals surface area contributed by atoms with Crippen LogP contribution in [0.25, 0.3) is 0 Å². The molecule has 1 aromatic rings. The standard InChI is InChI=1S/C14H19N5O3S/c1-22-11-2-3-15-14(16-11)18-6-4-17(5-7-18)12(20)8-19-10-23-9-13(19)21/h2-3H,4-10H2,1H3. The summed E-state index contributed by atoms with van der Waals surface area (Å²) in [6, 6.07) is 1.70. The third-order valence-electron chi connectivity index (χ3n) is 3.89. The van der Waals surface area contributed by atoms with Gasteiger partial charge >= 0.3 is 0 Å². The first-order valence-electron chi connectivity index (χ1n) is 7.42. The van der Waals surface area contributed by atoms with E-state index in [-0.39, 0.29) is 18.4 Å². The molecule has 0 radical (unpaired) electrons. The molecule has 2 saturated heterocycles. The summed E-state index contributed by atoms with van der Waals surface area (Å²) in [4.78, 5) is 37.9. The van der Waals surface area contributed by atoms with E-state index in [1.807, 2.05) is 4.90 Å². The van der Waals surface area contributed by atoms with Crippen LogP contribution in [-0.4, -0.2) is 83.0 Å². The van der Waals surface area contributed by atoms with E-state index in [1.165, 1.54) is 0 Å². The van der Waals surface area contributed by atoms with Crippen molar-refractivity contribution in [3.63, 3.8) is 0 Å². The van der Waals surface area contributed by atoms with Crippen LogP contribution in [0.4, 0.5) is 5.95 Å². The summed E-state index contributed by atoms with van der Waals surface area (Å²) in [6.45, 7) is 2.73. The van der Waals surface area contributed by atoms with Crippen LogP contribution in [-0.2, 0) is 9.59 Å². The summed E-state index contributed by atoms with van der Waals surface area (Å²) in [5.74, 6) is 2.29. The molecule has 2 aliphatic rings. The van der Waals surface area contributed by atoms with Crippen LogP contribution in [0, 0.1) is 0 Å². The second-order valence-electron chi connectivity index (χ2n) is 5.34. The Bertz CT molecular complexity index is 592. The van der Waals surface area contributed by atoms with E-state index in [4.69, 9.17) is 4.74 Å². The molecule has 0 spiro atoms. The molecule has 8 nitrogen and oxygen atoms in total. The van der Waals surface area contributed by atoms with Crippen molar-refractivity contribution in [2.24, 2.45) is 0 Å². The van der Waals surface area contributed by atoms with Gasteiger partial charge in [0.25, 0.3) is 0 Å². The topological polar surface area (TPSA) is 78.9 Å². The van der Waals surface area contributed by atoms with Crippen molar-refractivity contribution in [1.29, 1.82) is 0 Å². The van der Waals surface area contributed by atoms with Gasteiger partial charge in [0.15, 0.2) is 0 Å². The number of ether oxygens (including phenoxy) is 1. The van der Waals surface area contributed by atoms with Crippen molar-refractivity contribution >= 4 is 29.5 Å². The summed E-state index contributed by atoms with van der Waals surface area (Å²) in [7, 11) is 1.57. The molecule has 3 heterocycles. The van der Waals surface area contributed by atoms with Crippen LogP contribution in [0.2, 0.25) is 0 Å². The van der Waals surface area contributed by atoms with Crippen molar-refractivity contribution in [3.8, 4) is 5.88 Å². The number of amides is 2. The minimum atomic E-state index is 0.00654. The van der Waals surface area contributed by atoms with Crippen molar-refractivity contribution in [1.82, 2.24) is 19.8 Å². The Hall–Kier alpha value is -2.03. The maximum atomic E-state index is 12.3. The van der Waals surface area contributed by atoms with Crippen molar-refractivity contribution < 1.29 is 14.3 Å². The van der Waals surface area contributed by atoms with E-state index in [2.05, 4.69) is 9.97 Å². The molecule has 9 heteroatoms. The average molecular weight is 337 g/mol. The molecular weight excluding hydrogens is 318 g/mol. The van der Waals surface area contributed by atoms with Crippen LogP contribution in [0.3, 0.4) is 0 Å². The van der Waals surface area contributed by atoms with Crippen LogP contribution in [0.1, 0.15) is 0 Å². The molecule has 2 amide bonds. The summed E-state index contributed by atoms with van der Waals surface area (Å²) in [5, 5.41) is 0. The Balaban J connectivity index is 1.53. The van der Waals surface area contributed by atoms with Gasteiger partial charge in [-0.1, -0.05) is 0 Å². The molecule has 2 fully saturated rings. The number of hydrogen-bond acceptors (Lipinski definition) is 7. The minimum absolute atomic E-state index is 0.00654. The Morgan fingerprint density at radius 2 is 2.13 bits per heavy atom. The molecule has 0 bridgehead atoms. The third kappa shape index (κ3) is 3.66. The van der Waals surface area contributed by atoms with Gasteiger partial charge in [0, 0.05) is 38.4 Å². The number of rotatable bonds is 4. The largest absolute Gasteiger partial charge is 0.481 e. The van der Waals surface area contributed by atoms with E-state index in [1.54, 1.807) is 40.9 Å². The molecule has 124 valence electrons. The number of hydrogen-bond donors (Lipinski definition) is 0. The molecule has 0 aliphatic carbocycles. The van der Waals surface area contributed by atoms with Gasteiger partial charge in [-0.3, -0.25) is 9.59 Å². The number of nitrogens with zero attached hydrogens (tertiary/aromatic N) is 5. The quantitative estimate of drug-likeness (QED) is 0.744. The number of piperazine rings is 1. The Labute approximate surface area is 138 Å². The third-order valence-corrected chi connectivity index (χ3v) is 4.84. The second-order valence-corrected chi connectivity index (χ2v) is 6.29. The lowest BCUT2D eigenvalue weighted by molar-refractivity contribution is -0.138. The van der Waals surface area contributed by atoms with Crippen LogP contribution >= 0.6 is 11.8 Å². The number of anilines is 1. The normalized spacial score (nSPS) is 18.5. The van der Waals surface area contributed by atoms with Gasteiger partial charge in [-0.2, -0.15) is 4.98 Å². The molecule has 2 aliphatic heterocycles. The van der Waals surface area contributed by atoms with Crippen LogP contribution < -0.4 is 9.64 Å². The van der Waals surface area contributed by atoms with Gasteiger partial charge in [0.05, 0.1) is 18.7 Å². The Morgan fingerprint density at radius 3 is 2.78 bits per heavy atom. The molecule has 0 aromatic carbocycles. The molecule has 1 aromatic heterocycles. The van der Waals surface area contributed by atoms with E-state index in [9.17, 15) is 9.59 Å². The molecule has 23 heavy (non-hydrogen) atoms. The number of carbonyl (C=O) groups is 2. The lowest BCUT2D eigenvalue weighted by Crippen LogP contribution is -2.51. The Kier molecular flexibility index (Phi) is 4.85. The van der Waals surface area contributed by atoms with Crippen LogP contribution in [0.15, 0.2) is 12.3 Å². The molecule has 0 atom stereocenters. The first kappa shape index (κ1) is 15.9. The summed E-state index contributed by atoms with van der Waals surface area (Å²) < 4.78 is 5.11. The van der Waals surface area contributed by atoms with E-state index >= 15 is 0 Å². The summed E-state index contributed by atoms with van der Waals surface area (Å²) in [6.07, 6.45) is 1.66. The average Bonchev–Trinajstić information content (AvgIpc) is 3.00. The zero-order chi connectivity index (χ0) is 16.2. The highest BCUT2D eigenvalue weighted by atomic mass is 32.2. The molecule has 3 rings (SSSR count). The fourth-order valence-corrected chi connectivity index (χ4v) is 3.46. The van der Waals surface area contributed by atoms with Crippen LogP contribution in [0.5, 0.6) is 5.88 Å². The molecule has 0 unspecified atom stereocenters. The predicted molar refractivity (Wildman–Crippen MR) is 86.4 cm³/mol. The zero-order valence-electron chi connectivity index (χ0n) is 13.0. The van der Waals surface area contributed by atoms with Gasteiger partial charge in [-0.05, 0) is 0 Å². The number of thioether (sulfide) groups is 1. The van der Waals surface area contributed by atoms with Gasteiger partial charge < -0.3 is 19.4 Å². The molecule has 0 N–H and O–H groups in total. The van der Waals surface area contributed by atoms with Crippen molar-refractivity contribution in [2.75, 3.05) is 56.4 Å². The first-order valence-corrected chi connectivity index (χ1v) is 8.58. The number of methoxy groups -OCH3 is 1. The smallest absolute Gasteiger partial charge is 0.242 e. The van der Waals surface area contributed by atoms with Gasteiger partial charge in [-0.15, -0.1) is 11.8 Å². The SMILES string of the molecule is COc1ccnc(N2CCN(C(=O)CN3CSCC3=O)CC2)n1. The van der Waals surface area contributed by atoms with E-state index in [0.717, 1.165) is 0 Å². The first-order chi connectivity index (χ1) is 11.2. The van der Waals surface area contributed by atoms with Crippen molar-refractivity contribution in [3.05, 3.63) is 12.3 Å². The molecular formula is C14H19N5O3S. The van der Waals surface area contributed by atoms with E-state index < -0.39 is 0 Å². The summed E-state index contributed by atoms with van der Waals surface area (Å²) >= 11 is 1.55. The highest BCUT2D eigenvalue weighted by Crippen LogP contribution is 2.17. The van der Waals surface area contributed by atoms with Gasteiger partial charge in [0.1, 0.15) is 6.54 Å². The zero-order valence-corrected chi connectivity index (χ0v) is 13.8. The van der Waals surface area contributed by atoms with Gasteiger partial charge in [-0.25, -0.2) is 4.98 Å². The van der Waals surface area contributed by atoms with E-state index in [0.29, 0.717) is 49.6 Å². The lowest BCUT2D eigenvalue weighted by Gasteiger charge is -2.35. The number of carbonyl (C=O) groups excluding carboxylic acids is 2. The summed E-state index contributed by atoms with van der Waals surface area (Å²) in [5.41, 5.74) is 0. The molecule has 0 saturated carbocycles. The monoisotopic (exact) mass is 337 g/mol. The van der Waals surface area contributed by atoms with Gasteiger partial charge in [0.2, 0.25) is 23.6 Å². The Morgan fingerprint density at radius 1 is 1.35 bits per heavy atom. The second kappa shape index (κ2) is 7.03. The predicted octanol–water partition coefficient (Wildman–Crippen LogP) is -0.333. The minimum Gasteiger partial charge on any atom is -0.481 e. The highest BCUT2D eigenvalue weighted by molar-refractivity contribution is 8.00. The maximum absolute atomic E-state index is 12.3. The fourth-order valence-electron chi connectivity index (χ4n) is 2.56. The maximum Gasteiger partial charge on any atom is 0.242 e. The fraction of sp³-hybridized carbons (Fsp3) is 0.571. The van der Waals surface area contributed by atoms with Crippen molar-refractivity contribution in [2.45, 2.75) is 0 Å². The highest BCUT2D eigenvalue weighted by Gasteiger charge is 2.27. The lowest BCUT2D eigenvalue weighted by atomic mass is 10.3. The number of aromatic nitrogens is 2.